The van der Waals surface area contributed by atoms with E-state index in [4.69, 9.17) is 4.74 Å². The van der Waals surface area contributed by atoms with E-state index in [9.17, 15) is 9.90 Å². The summed E-state index contributed by atoms with van der Waals surface area (Å²) in [5, 5.41) is 9.65. The fraction of sp³-hybridized carbons (Fsp3) is 0.929. The summed E-state index contributed by atoms with van der Waals surface area (Å²) in [5.41, 5.74) is 0. The molecule has 2 fully saturated rings. The number of carbonyl (C=O) groups is 1. The maximum Gasteiger partial charge on any atom is 0.225 e. The van der Waals surface area contributed by atoms with Gasteiger partial charge in [-0.05, 0) is 19.3 Å². The Hall–Kier alpha value is -0.650. The predicted molar refractivity (Wildman–Crippen MR) is 72.9 cm³/mol. The van der Waals surface area contributed by atoms with Crippen LogP contribution in [-0.2, 0) is 9.53 Å². The molecule has 2 aliphatic rings. The van der Waals surface area contributed by atoms with E-state index >= 15 is 0 Å². The van der Waals surface area contributed by atoms with Crippen molar-refractivity contribution < 1.29 is 14.6 Å². The van der Waals surface area contributed by atoms with Crippen LogP contribution in [0.2, 0.25) is 0 Å². The van der Waals surface area contributed by atoms with Gasteiger partial charge in [-0.15, -0.1) is 0 Å². The lowest BCUT2D eigenvalue weighted by atomic mass is 9.98. The van der Waals surface area contributed by atoms with Crippen LogP contribution in [0.3, 0.4) is 0 Å². The minimum absolute atomic E-state index is 0.168. The van der Waals surface area contributed by atoms with E-state index in [0.29, 0.717) is 5.91 Å². The van der Waals surface area contributed by atoms with E-state index in [1.165, 1.54) is 0 Å². The van der Waals surface area contributed by atoms with E-state index in [0.717, 1.165) is 65.2 Å². The van der Waals surface area contributed by atoms with Gasteiger partial charge < -0.3 is 14.7 Å². The Morgan fingerprint density at radius 3 is 2.47 bits per heavy atom. The zero-order chi connectivity index (χ0) is 13.7. The first kappa shape index (κ1) is 14.8. The Bertz CT molecular complexity index is 284. The van der Waals surface area contributed by atoms with Gasteiger partial charge in [0, 0.05) is 51.9 Å². The highest BCUT2D eigenvalue weighted by molar-refractivity contribution is 5.79. The van der Waals surface area contributed by atoms with Crippen LogP contribution in [0.4, 0.5) is 0 Å². The molecular formula is C14H26N2O3. The average molecular weight is 270 g/mol. The number of hydrogen-bond donors (Lipinski definition) is 1. The Morgan fingerprint density at radius 1 is 1.26 bits per heavy atom. The first-order valence-electron chi connectivity index (χ1n) is 7.47. The average Bonchev–Trinajstić information content (AvgIpc) is 2.48. The Balaban J connectivity index is 1.74. The second-order valence-electron chi connectivity index (χ2n) is 5.57. The van der Waals surface area contributed by atoms with Crippen LogP contribution in [0.15, 0.2) is 0 Å². The lowest BCUT2D eigenvalue weighted by Gasteiger charge is -2.37. The van der Waals surface area contributed by atoms with Crippen LogP contribution in [0, 0.1) is 5.92 Å². The third-order valence-corrected chi connectivity index (χ3v) is 4.19. The molecule has 5 nitrogen and oxygen atoms in total. The van der Waals surface area contributed by atoms with E-state index in [1.807, 2.05) is 11.8 Å². The molecule has 110 valence electrons. The van der Waals surface area contributed by atoms with Gasteiger partial charge in [0.25, 0.3) is 0 Å². The molecule has 5 heteroatoms. The number of amides is 1. The summed E-state index contributed by atoms with van der Waals surface area (Å²) in [6.07, 6.45) is 2.29. The van der Waals surface area contributed by atoms with E-state index in [2.05, 4.69) is 4.90 Å². The standard InChI is InChI=1S/C14H26N2O3/c1-2-13(17)11-15-5-7-16(8-6-15)14(18)12-3-9-19-10-4-12/h12-13,17H,2-11H2,1H3/t13-/m1/s1. The fourth-order valence-corrected chi connectivity index (χ4v) is 2.78. The highest BCUT2D eigenvalue weighted by Gasteiger charge is 2.28. The quantitative estimate of drug-likeness (QED) is 0.800. The van der Waals surface area contributed by atoms with Crippen LogP contribution in [0.25, 0.3) is 0 Å². The molecule has 0 radical (unpaired) electrons. The minimum Gasteiger partial charge on any atom is -0.392 e. The molecule has 0 aromatic rings. The van der Waals surface area contributed by atoms with Gasteiger partial charge in [-0.2, -0.15) is 0 Å². The van der Waals surface area contributed by atoms with Gasteiger partial charge in [-0.25, -0.2) is 0 Å². The number of hydrogen-bond acceptors (Lipinski definition) is 4. The number of nitrogens with zero attached hydrogens (tertiary/aromatic N) is 2. The van der Waals surface area contributed by atoms with Crippen molar-refractivity contribution in [1.82, 2.24) is 9.80 Å². The molecule has 0 bridgehead atoms. The van der Waals surface area contributed by atoms with Gasteiger partial charge in [0.1, 0.15) is 0 Å². The number of carbonyl (C=O) groups excluding carboxylic acids is 1. The van der Waals surface area contributed by atoms with Gasteiger partial charge in [-0.1, -0.05) is 6.92 Å². The number of piperazine rings is 1. The van der Waals surface area contributed by atoms with Crippen molar-refractivity contribution >= 4 is 5.91 Å². The summed E-state index contributed by atoms with van der Waals surface area (Å²) in [6, 6.07) is 0. The molecule has 2 heterocycles. The van der Waals surface area contributed by atoms with Gasteiger partial charge >= 0.3 is 0 Å². The predicted octanol–water partition coefficient (Wildman–Crippen LogP) is 0.328. The van der Waals surface area contributed by atoms with Gasteiger partial charge in [-0.3, -0.25) is 9.69 Å². The number of rotatable bonds is 4. The molecule has 1 amide bonds. The largest absolute Gasteiger partial charge is 0.392 e. The summed E-state index contributed by atoms with van der Waals surface area (Å²) < 4.78 is 5.30. The van der Waals surface area contributed by atoms with Crippen LogP contribution in [0.5, 0.6) is 0 Å². The van der Waals surface area contributed by atoms with Crippen molar-refractivity contribution in [2.24, 2.45) is 5.92 Å². The third kappa shape index (κ3) is 4.16. The molecule has 2 aliphatic heterocycles. The summed E-state index contributed by atoms with van der Waals surface area (Å²) in [4.78, 5) is 16.6. The van der Waals surface area contributed by atoms with Gasteiger partial charge in [0.05, 0.1) is 6.10 Å². The van der Waals surface area contributed by atoms with Crippen LogP contribution in [-0.4, -0.2) is 72.9 Å². The molecule has 2 saturated heterocycles. The molecule has 0 aromatic heterocycles. The monoisotopic (exact) mass is 270 g/mol. The molecule has 0 unspecified atom stereocenters. The number of β-amino-alcohol motifs (C(OH)–C–C–N with tert-alkyl or cyclic N) is 1. The second-order valence-corrected chi connectivity index (χ2v) is 5.57. The van der Waals surface area contributed by atoms with Crippen molar-refractivity contribution in [3.05, 3.63) is 0 Å². The van der Waals surface area contributed by atoms with E-state index in [-0.39, 0.29) is 12.0 Å². The molecule has 0 aliphatic carbocycles. The van der Waals surface area contributed by atoms with Crippen LogP contribution in [0.1, 0.15) is 26.2 Å². The number of ether oxygens (including phenoxy) is 1. The molecule has 19 heavy (non-hydrogen) atoms. The maximum absolute atomic E-state index is 12.3. The molecule has 1 N–H and O–H groups in total. The first-order chi connectivity index (χ1) is 9.20. The normalized spacial score (nSPS) is 24.4. The fourth-order valence-electron chi connectivity index (χ4n) is 2.78. The Labute approximate surface area is 115 Å². The SMILES string of the molecule is CC[C@@H](O)CN1CCN(C(=O)C2CCOCC2)CC1. The van der Waals surface area contributed by atoms with Crippen LogP contribution < -0.4 is 0 Å². The molecule has 0 aromatic carbocycles. The lowest BCUT2D eigenvalue weighted by Crippen LogP contribution is -2.52. The third-order valence-electron chi connectivity index (χ3n) is 4.19. The maximum atomic E-state index is 12.3. The van der Waals surface area contributed by atoms with E-state index in [1.54, 1.807) is 0 Å². The van der Waals surface area contributed by atoms with Gasteiger partial charge in [0.15, 0.2) is 0 Å². The minimum atomic E-state index is -0.238. The molecule has 0 saturated carbocycles. The van der Waals surface area contributed by atoms with Gasteiger partial charge in [0.2, 0.25) is 5.91 Å². The Morgan fingerprint density at radius 2 is 1.89 bits per heavy atom. The molecule has 1 atom stereocenters. The van der Waals surface area contributed by atoms with E-state index < -0.39 is 0 Å². The summed E-state index contributed by atoms with van der Waals surface area (Å²) >= 11 is 0. The first-order valence-corrected chi connectivity index (χ1v) is 7.47. The smallest absolute Gasteiger partial charge is 0.225 e. The topological polar surface area (TPSA) is 53.0 Å². The van der Waals surface area contributed by atoms with Crippen molar-refractivity contribution in [2.45, 2.75) is 32.3 Å². The number of aliphatic hydroxyl groups is 1. The van der Waals surface area contributed by atoms with Crippen molar-refractivity contribution in [3.63, 3.8) is 0 Å². The molecule has 0 spiro atoms. The lowest BCUT2D eigenvalue weighted by molar-refractivity contribution is -0.140. The summed E-state index contributed by atoms with van der Waals surface area (Å²) in [6.45, 7) is 7.53. The highest BCUT2D eigenvalue weighted by Crippen LogP contribution is 2.18. The second kappa shape index (κ2) is 7.22. The molecular weight excluding hydrogens is 244 g/mol. The number of aliphatic hydroxyl groups excluding tert-OH is 1. The van der Waals surface area contributed by atoms with Crippen molar-refractivity contribution in [1.29, 1.82) is 0 Å². The molecule has 2 rings (SSSR count). The zero-order valence-corrected chi connectivity index (χ0v) is 11.9. The summed E-state index contributed by atoms with van der Waals surface area (Å²) in [5.74, 6) is 0.473. The van der Waals surface area contributed by atoms with Crippen molar-refractivity contribution in [2.75, 3.05) is 45.9 Å². The van der Waals surface area contributed by atoms with Crippen molar-refractivity contribution in [3.8, 4) is 0 Å². The van der Waals surface area contributed by atoms with Crippen LogP contribution >= 0.6 is 0 Å². The highest BCUT2D eigenvalue weighted by atomic mass is 16.5. The summed E-state index contributed by atoms with van der Waals surface area (Å²) in [7, 11) is 0. The Kier molecular flexibility index (Phi) is 5.60. The zero-order valence-electron chi connectivity index (χ0n) is 11.9.